The van der Waals surface area contributed by atoms with Gasteiger partial charge in [-0.05, 0) is 20.9 Å². The number of hydrogen-bond donors (Lipinski definition) is 2. The van der Waals surface area contributed by atoms with Gasteiger partial charge in [0.2, 0.25) is 5.91 Å². The van der Waals surface area contributed by atoms with Gasteiger partial charge in [0, 0.05) is 32.7 Å². The Hall–Kier alpha value is -0.650. The highest BCUT2D eigenvalue weighted by molar-refractivity contribution is 5.81. The van der Waals surface area contributed by atoms with Crippen molar-refractivity contribution in [3.63, 3.8) is 0 Å². The minimum absolute atomic E-state index is 0.0959. The van der Waals surface area contributed by atoms with Crippen LogP contribution in [0.1, 0.15) is 13.8 Å². The van der Waals surface area contributed by atoms with Gasteiger partial charge in [0.1, 0.15) is 0 Å². The molecule has 0 spiro atoms. The third-order valence-corrected chi connectivity index (χ3v) is 2.96. The Kier molecular flexibility index (Phi) is 4.07. The fourth-order valence-electron chi connectivity index (χ4n) is 1.83. The molecule has 0 unspecified atom stereocenters. The Morgan fingerprint density at radius 1 is 1.33 bits per heavy atom. The van der Waals surface area contributed by atoms with Crippen LogP contribution in [0.4, 0.5) is 0 Å². The van der Waals surface area contributed by atoms with Crippen LogP contribution in [0.3, 0.4) is 0 Å². The maximum Gasteiger partial charge on any atom is 0.240 e. The van der Waals surface area contributed by atoms with Crippen LogP contribution in [0.5, 0.6) is 0 Å². The first-order valence-electron chi connectivity index (χ1n) is 5.37. The lowest BCUT2D eigenvalue weighted by Crippen LogP contribution is -2.52. The molecule has 3 N–H and O–H groups in total. The molecule has 0 aliphatic carbocycles. The second kappa shape index (κ2) is 4.92. The van der Waals surface area contributed by atoms with E-state index in [9.17, 15) is 4.79 Å². The number of nitrogens with two attached hydrogens (primary N) is 1. The molecule has 1 aliphatic heterocycles. The summed E-state index contributed by atoms with van der Waals surface area (Å²) in [4.78, 5) is 16.1. The summed E-state index contributed by atoms with van der Waals surface area (Å²) in [5, 5.41) is 0. The number of piperazine rings is 1. The lowest BCUT2D eigenvalue weighted by molar-refractivity contribution is -0.130. The third-order valence-electron chi connectivity index (χ3n) is 2.96. The van der Waals surface area contributed by atoms with Crippen LogP contribution in [-0.2, 0) is 4.79 Å². The summed E-state index contributed by atoms with van der Waals surface area (Å²) in [7, 11) is 2.12. The van der Waals surface area contributed by atoms with E-state index in [2.05, 4.69) is 22.3 Å². The summed E-state index contributed by atoms with van der Waals surface area (Å²) in [5.41, 5.74) is 1.82. The van der Waals surface area contributed by atoms with Gasteiger partial charge < -0.3 is 4.90 Å². The fourth-order valence-corrected chi connectivity index (χ4v) is 1.83. The van der Waals surface area contributed by atoms with Gasteiger partial charge in [-0.2, -0.15) is 0 Å². The van der Waals surface area contributed by atoms with Crippen molar-refractivity contribution < 1.29 is 4.79 Å². The van der Waals surface area contributed by atoms with Crippen LogP contribution in [0.25, 0.3) is 0 Å². The Bertz CT molecular complexity index is 221. The highest BCUT2D eigenvalue weighted by Crippen LogP contribution is 2.17. The van der Waals surface area contributed by atoms with Gasteiger partial charge in [-0.3, -0.25) is 15.1 Å². The Balaban J connectivity index is 2.43. The molecule has 1 amide bonds. The van der Waals surface area contributed by atoms with E-state index in [1.165, 1.54) is 0 Å². The molecule has 88 valence electrons. The first kappa shape index (κ1) is 12.4. The van der Waals surface area contributed by atoms with Crippen molar-refractivity contribution in [1.82, 2.24) is 15.2 Å². The molecule has 1 rings (SSSR count). The van der Waals surface area contributed by atoms with Crippen LogP contribution in [0.2, 0.25) is 0 Å². The second-order valence-electron chi connectivity index (χ2n) is 4.94. The molecule has 1 fully saturated rings. The Morgan fingerprint density at radius 2 is 1.87 bits per heavy atom. The number of amides is 1. The quantitative estimate of drug-likeness (QED) is 0.369. The smallest absolute Gasteiger partial charge is 0.240 e. The molecule has 0 aromatic rings. The van der Waals surface area contributed by atoms with Gasteiger partial charge in [0.05, 0.1) is 5.41 Å². The zero-order chi connectivity index (χ0) is 11.5. The van der Waals surface area contributed by atoms with Crippen molar-refractivity contribution in [2.45, 2.75) is 13.8 Å². The largest absolute Gasteiger partial charge is 0.304 e. The molecule has 5 nitrogen and oxygen atoms in total. The molecule has 15 heavy (non-hydrogen) atoms. The summed E-state index contributed by atoms with van der Waals surface area (Å²) in [6, 6.07) is 0. The monoisotopic (exact) mass is 214 g/mol. The van der Waals surface area contributed by atoms with Gasteiger partial charge in [-0.1, -0.05) is 0 Å². The molecule has 5 heteroatoms. The molecule has 0 saturated carbocycles. The number of hydrazine groups is 1. The maximum atomic E-state index is 11.5. The van der Waals surface area contributed by atoms with Crippen molar-refractivity contribution >= 4 is 5.91 Å². The summed E-state index contributed by atoms with van der Waals surface area (Å²) in [6.07, 6.45) is 0. The maximum absolute atomic E-state index is 11.5. The molecular formula is C10H22N4O. The lowest BCUT2D eigenvalue weighted by Gasteiger charge is -2.36. The second-order valence-corrected chi connectivity index (χ2v) is 4.94. The number of likely N-dealkylation sites (N-methyl/N-ethyl adjacent to an activating group) is 1. The van der Waals surface area contributed by atoms with E-state index in [-0.39, 0.29) is 5.91 Å². The molecule has 0 bridgehead atoms. The van der Waals surface area contributed by atoms with Gasteiger partial charge in [-0.15, -0.1) is 0 Å². The molecule has 1 saturated heterocycles. The Morgan fingerprint density at radius 3 is 2.33 bits per heavy atom. The van der Waals surface area contributed by atoms with Gasteiger partial charge in [-0.25, -0.2) is 5.84 Å². The van der Waals surface area contributed by atoms with Gasteiger partial charge in [0.15, 0.2) is 0 Å². The number of carbonyl (C=O) groups excluding carboxylic acids is 1. The topological polar surface area (TPSA) is 61.6 Å². The summed E-state index contributed by atoms with van der Waals surface area (Å²) in [5.74, 6) is 5.06. The molecule has 0 atom stereocenters. The highest BCUT2D eigenvalue weighted by atomic mass is 16.2. The van der Waals surface area contributed by atoms with E-state index in [0.717, 1.165) is 32.7 Å². The summed E-state index contributed by atoms with van der Waals surface area (Å²) >= 11 is 0. The first-order valence-corrected chi connectivity index (χ1v) is 5.37. The molecule has 1 aliphatic rings. The number of nitrogens with one attached hydrogen (secondary N) is 1. The standard InChI is InChI=1S/C10H22N4O/c1-10(2,9(15)12-11)8-14-6-4-13(3)5-7-14/h4-8,11H2,1-3H3,(H,12,15). The van der Waals surface area contributed by atoms with Crippen LogP contribution in [-0.4, -0.2) is 55.5 Å². The highest BCUT2D eigenvalue weighted by Gasteiger charge is 2.30. The number of rotatable bonds is 3. The zero-order valence-corrected chi connectivity index (χ0v) is 9.92. The normalized spacial score (nSPS) is 20.3. The Labute approximate surface area is 91.6 Å². The number of nitrogens with zero attached hydrogens (tertiary/aromatic N) is 2. The van der Waals surface area contributed by atoms with Crippen molar-refractivity contribution in [2.24, 2.45) is 11.3 Å². The van der Waals surface area contributed by atoms with Crippen LogP contribution in [0.15, 0.2) is 0 Å². The van der Waals surface area contributed by atoms with Crippen molar-refractivity contribution in [2.75, 3.05) is 39.8 Å². The fraction of sp³-hybridized carbons (Fsp3) is 0.900. The van der Waals surface area contributed by atoms with Gasteiger partial charge >= 0.3 is 0 Å². The van der Waals surface area contributed by atoms with Crippen LogP contribution < -0.4 is 11.3 Å². The van der Waals surface area contributed by atoms with Crippen LogP contribution in [0, 0.1) is 5.41 Å². The third kappa shape index (κ3) is 3.44. The molecule has 1 heterocycles. The minimum Gasteiger partial charge on any atom is -0.304 e. The summed E-state index contributed by atoms with van der Waals surface area (Å²) < 4.78 is 0. The van der Waals surface area contributed by atoms with Gasteiger partial charge in [0.25, 0.3) is 0 Å². The number of carbonyl (C=O) groups is 1. The SMILES string of the molecule is CN1CCN(CC(C)(C)C(=O)NN)CC1. The predicted molar refractivity (Wildman–Crippen MR) is 60.0 cm³/mol. The zero-order valence-electron chi connectivity index (χ0n) is 9.92. The van der Waals surface area contributed by atoms with E-state index in [0.29, 0.717) is 0 Å². The van der Waals surface area contributed by atoms with E-state index in [1.807, 2.05) is 13.8 Å². The molecular weight excluding hydrogens is 192 g/mol. The van der Waals surface area contributed by atoms with E-state index >= 15 is 0 Å². The number of hydrogen-bond acceptors (Lipinski definition) is 4. The molecule has 0 radical (unpaired) electrons. The average Bonchev–Trinajstić information content (AvgIpc) is 2.20. The van der Waals surface area contributed by atoms with Crippen LogP contribution >= 0.6 is 0 Å². The van der Waals surface area contributed by atoms with E-state index < -0.39 is 5.41 Å². The molecule has 0 aromatic heterocycles. The van der Waals surface area contributed by atoms with E-state index in [1.54, 1.807) is 0 Å². The van der Waals surface area contributed by atoms with E-state index in [4.69, 9.17) is 5.84 Å². The predicted octanol–water partition coefficient (Wildman–Crippen LogP) is -0.750. The summed E-state index contributed by atoms with van der Waals surface area (Å²) in [6.45, 7) is 8.81. The minimum atomic E-state index is -0.412. The van der Waals surface area contributed by atoms with Crippen molar-refractivity contribution in [3.8, 4) is 0 Å². The molecule has 0 aromatic carbocycles. The van der Waals surface area contributed by atoms with Crippen molar-refractivity contribution in [3.05, 3.63) is 0 Å². The lowest BCUT2D eigenvalue weighted by atomic mass is 9.91. The van der Waals surface area contributed by atoms with Crippen molar-refractivity contribution in [1.29, 1.82) is 0 Å². The first-order chi connectivity index (χ1) is 6.95. The average molecular weight is 214 g/mol.